The SMILES string of the molecule is CCc1[nH]nc(C(=O)NCC2CC2)c1S(N)(=O)=O. The molecule has 1 heterocycles. The van der Waals surface area contributed by atoms with Gasteiger partial charge in [0.1, 0.15) is 4.90 Å². The number of aromatic nitrogens is 2. The summed E-state index contributed by atoms with van der Waals surface area (Å²) in [7, 11) is -3.96. The number of aryl methyl sites for hydroxylation is 1. The molecule has 1 aromatic heterocycles. The minimum Gasteiger partial charge on any atom is -0.350 e. The number of aromatic amines is 1. The van der Waals surface area contributed by atoms with E-state index >= 15 is 0 Å². The maximum Gasteiger partial charge on any atom is 0.273 e. The van der Waals surface area contributed by atoms with Gasteiger partial charge in [0.2, 0.25) is 10.0 Å². The fourth-order valence-corrected chi connectivity index (χ4v) is 2.65. The summed E-state index contributed by atoms with van der Waals surface area (Å²) in [5.74, 6) is 0.0124. The molecule has 1 fully saturated rings. The number of hydrogen-bond donors (Lipinski definition) is 3. The molecule has 0 aromatic carbocycles. The van der Waals surface area contributed by atoms with E-state index in [0.717, 1.165) is 12.8 Å². The van der Waals surface area contributed by atoms with E-state index in [4.69, 9.17) is 5.14 Å². The van der Waals surface area contributed by atoms with Crippen molar-refractivity contribution < 1.29 is 13.2 Å². The van der Waals surface area contributed by atoms with Crippen LogP contribution in [0.4, 0.5) is 0 Å². The molecule has 0 saturated heterocycles. The predicted molar refractivity (Wildman–Crippen MR) is 64.4 cm³/mol. The first-order valence-corrected chi connectivity index (χ1v) is 7.36. The van der Waals surface area contributed by atoms with Gasteiger partial charge in [-0.15, -0.1) is 0 Å². The Bertz CT molecular complexity index is 560. The van der Waals surface area contributed by atoms with Crippen molar-refractivity contribution in [1.82, 2.24) is 15.5 Å². The van der Waals surface area contributed by atoms with Crippen LogP contribution in [0.25, 0.3) is 0 Å². The number of H-pyrrole nitrogens is 1. The van der Waals surface area contributed by atoms with E-state index in [0.29, 0.717) is 24.6 Å². The Labute approximate surface area is 105 Å². The summed E-state index contributed by atoms with van der Waals surface area (Å²) in [5.41, 5.74) is 0.212. The largest absolute Gasteiger partial charge is 0.350 e. The van der Waals surface area contributed by atoms with E-state index in [2.05, 4.69) is 15.5 Å². The third kappa shape index (κ3) is 2.70. The molecule has 1 aliphatic rings. The highest BCUT2D eigenvalue weighted by atomic mass is 32.2. The lowest BCUT2D eigenvalue weighted by atomic mass is 10.3. The maximum atomic E-state index is 11.9. The van der Waals surface area contributed by atoms with Crippen molar-refractivity contribution in [2.45, 2.75) is 31.1 Å². The molecule has 4 N–H and O–H groups in total. The second-order valence-electron chi connectivity index (χ2n) is 4.43. The zero-order chi connectivity index (χ0) is 13.3. The van der Waals surface area contributed by atoms with Crippen molar-refractivity contribution in [3.05, 3.63) is 11.4 Å². The number of nitrogens with zero attached hydrogens (tertiary/aromatic N) is 1. The molecule has 1 aliphatic carbocycles. The van der Waals surface area contributed by atoms with Gasteiger partial charge in [-0.3, -0.25) is 9.89 Å². The zero-order valence-corrected chi connectivity index (χ0v) is 10.9. The van der Waals surface area contributed by atoms with Gasteiger partial charge < -0.3 is 5.32 Å². The number of rotatable bonds is 5. The molecule has 0 atom stereocenters. The average Bonchev–Trinajstić information content (AvgIpc) is 3.00. The molecule has 0 bridgehead atoms. The van der Waals surface area contributed by atoms with Crippen molar-refractivity contribution in [2.75, 3.05) is 6.54 Å². The molecule has 18 heavy (non-hydrogen) atoms. The lowest BCUT2D eigenvalue weighted by Gasteiger charge is -2.03. The second kappa shape index (κ2) is 4.69. The van der Waals surface area contributed by atoms with Crippen LogP contribution in [0.15, 0.2) is 4.90 Å². The Balaban J connectivity index is 2.26. The van der Waals surface area contributed by atoms with Crippen LogP contribution in [0.3, 0.4) is 0 Å². The Morgan fingerprint density at radius 3 is 2.72 bits per heavy atom. The molecule has 2 rings (SSSR count). The van der Waals surface area contributed by atoms with E-state index < -0.39 is 15.9 Å². The molecular formula is C10H16N4O3S. The summed E-state index contributed by atoms with van der Waals surface area (Å²) in [4.78, 5) is 11.7. The smallest absolute Gasteiger partial charge is 0.273 e. The van der Waals surface area contributed by atoms with E-state index in [1.54, 1.807) is 6.92 Å². The average molecular weight is 272 g/mol. The molecule has 1 amide bonds. The molecular weight excluding hydrogens is 256 g/mol. The minimum atomic E-state index is -3.96. The van der Waals surface area contributed by atoms with Crippen LogP contribution >= 0.6 is 0 Å². The third-order valence-corrected chi connectivity index (χ3v) is 3.90. The van der Waals surface area contributed by atoms with Gasteiger partial charge in [-0.2, -0.15) is 5.10 Å². The van der Waals surface area contributed by atoms with Crippen molar-refractivity contribution in [3.8, 4) is 0 Å². The highest BCUT2D eigenvalue weighted by Crippen LogP contribution is 2.27. The molecule has 7 nitrogen and oxygen atoms in total. The summed E-state index contributed by atoms with van der Waals surface area (Å²) in [6.07, 6.45) is 2.61. The quantitative estimate of drug-likeness (QED) is 0.685. The van der Waals surface area contributed by atoms with Crippen LogP contribution < -0.4 is 10.5 Å². The number of amides is 1. The standard InChI is InChI=1S/C10H16N4O3S/c1-2-7-9(18(11,16)17)8(14-13-7)10(15)12-5-6-3-4-6/h6H,2-5H2,1H3,(H,12,15)(H,13,14)(H2,11,16,17). The fourth-order valence-electron chi connectivity index (χ4n) is 1.71. The fraction of sp³-hybridized carbons (Fsp3) is 0.600. The number of carbonyl (C=O) groups is 1. The molecule has 0 unspecified atom stereocenters. The van der Waals surface area contributed by atoms with Crippen molar-refractivity contribution in [3.63, 3.8) is 0 Å². The van der Waals surface area contributed by atoms with Crippen LogP contribution in [0, 0.1) is 5.92 Å². The molecule has 0 aliphatic heterocycles. The number of hydrogen-bond acceptors (Lipinski definition) is 4. The van der Waals surface area contributed by atoms with Crippen LogP contribution in [0.5, 0.6) is 0 Å². The van der Waals surface area contributed by atoms with E-state index in [1.807, 2.05) is 0 Å². The van der Waals surface area contributed by atoms with Gasteiger partial charge in [-0.05, 0) is 25.2 Å². The Morgan fingerprint density at radius 1 is 1.56 bits per heavy atom. The predicted octanol–water partition coefficient (Wildman–Crippen LogP) is -0.241. The number of sulfonamides is 1. The van der Waals surface area contributed by atoms with Crippen molar-refractivity contribution in [1.29, 1.82) is 0 Å². The molecule has 0 radical (unpaired) electrons. The van der Waals surface area contributed by atoms with Gasteiger partial charge >= 0.3 is 0 Å². The monoisotopic (exact) mass is 272 g/mol. The number of nitrogens with two attached hydrogens (primary N) is 1. The van der Waals surface area contributed by atoms with Crippen LogP contribution in [-0.2, 0) is 16.4 Å². The first kappa shape index (κ1) is 13.0. The summed E-state index contributed by atoms with van der Waals surface area (Å²) in [5, 5.41) is 14.1. The maximum absolute atomic E-state index is 11.9. The van der Waals surface area contributed by atoms with Gasteiger partial charge in [0, 0.05) is 6.54 Å². The lowest BCUT2D eigenvalue weighted by molar-refractivity contribution is 0.0943. The Morgan fingerprint density at radius 2 is 2.22 bits per heavy atom. The molecule has 8 heteroatoms. The second-order valence-corrected chi connectivity index (χ2v) is 5.93. The molecule has 1 aromatic rings. The van der Waals surface area contributed by atoms with Crippen molar-refractivity contribution >= 4 is 15.9 Å². The summed E-state index contributed by atoms with van der Waals surface area (Å²) in [6.45, 7) is 2.31. The van der Waals surface area contributed by atoms with Crippen LogP contribution in [0.2, 0.25) is 0 Å². The first-order valence-electron chi connectivity index (χ1n) is 5.81. The molecule has 0 spiro atoms. The van der Waals surface area contributed by atoms with Gasteiger partial charge in [0.05, 0.1) is 5.69 Å². The topological polar surface area (TPSA) is 118 Å². The lowest BCUT2D eigenvalue weighted by Crippen LogP contribution is -2.28. The normalized spacial score (nSPS) is 15.7. The van der Waals surface area contributed by atoms with Crippen LogP contribution in [0.1, 0.15) is 35.9 Å². The number of primary sulfonamides is 1. The number of nitrogens with one attached hydrogen (secondary N) is 2. The molecule has 100 valence electrons. The highest BCUT2D eigenvalue weighted by molar-refractivity contribution is 7.89. The highest BCUT2D eigenvalue weighted by Gasteiger charge is 2.28. The third-order valence-electron chi connectivity index (χ3n) is 2.89. The minimum absolute atomic E-state index is 0.144. The summed E-state index contributed by atoms with van der Waals surface area (Å²) >= 11 is 0. The Kier molecular flexibility index (Phi) is 3.40. The van der Waals surface area contributed by atoms with Gasteiger partial charge in [-0.1, -0.05) is 6.92 Å². The van der Waals surface area contributed by atoms with Gasteiger partial charge in [0.15, 0.2) is 5.69 Å². The van der Waals surface area contributed by atoms with E-state index in [9.17, 15) is 13.2 Å². The molecule has 1 saturated carbocycles. The van der Waals surface area contributed by atoms with Crippen LogP contribution in [-0.4, -0.2) is 31.1 Å². The van der Waals surface area contributed by atoms with Gasteiger partial charge in [-0.25, -0.2) is 13.6 Å². The summed E-state index contributed by atoms with van der Waals surface area (Å²) in [6, 6.07) is 0. The van der Waals surface area contributed by atoms with Crippen molar-refractivity contribution in [2.24, 2.45) is 11.1 Å². The Hall–Kier alpha value is -1.41. The number of carbonyl (C=O) groups excluding carboxylic acids is 1. The van der Waals surface area contributed by atoms with Gasteiger partial charge in [0.25, 0.3) is 5.91 Å². The first-order chi connectivity index (χ1) is 8.43. The van der Waals surface area contributed by atoms with E-state index in [1.165, 1.54) is 0 Å². The van der Waals surface area contributed by atoms with E-state index in [-0.39, 0.29) is 10.6 Å². The zero-order valence-electron chi connectivity index (χ0n) is 10.1. The summed E-state index contributed by atoms with van der Waals surface area (Å²) < 4.78 is 23.0.